The van der Waals surface area contributed by atoms with Crippen molar-refractivity contribution in [3.8, 4) is 0 Å². The third kappa shape index (κ3) is 31.2. The lowest BCUT2D eigenvalue weighted by Gasteiger charge is -2.03. The van der Waals surface area contributed by atoms with Gasteiger partial charge in [0, 0.05) is 0 Å². The number of halogens is 3. The average molecular weight is 412 g/mol. The Morgan fingerprint density at radius 1 is 0.815 bits per heavy atom. The van der Waals surface area contributed by atoms with Crippen molar-refractivity contribution >= 4 is 24.6 Å². The Labute approximate surface area is 150 Å². The second kappa shape index (κ2) is 19.2. The van der Waals surface area contributed by atoms with Gasteiger partial charge in [0.2, 0.25) is 0 Å². The summed E-state index contributed by atoms with van der Waals surface area (Å²) in [6, 6.07) is 0. The number of hydrogen-bond acceptors (Lipinski definition) is 10. The molecule has 0 aliphatic carbocycles. The van der Waals surface area contributed by atoms with E-state index in [-0.39, 0.29) is 6.61 Å². The zero-order valence-electron chi connectivity index (χ0n) is 14.4. The van der Waals surface area contributed by atoms with E-state index in [0.717, 1.165) is 0 Å². The molecule has 0 aliphatic rings. The number of rotatable bonds is 6. The third-order valence-electron chi connectivity index (χ3n) is 1.41. The van der Waals surface area contributed by atoms with Gasteiger partial charge >= 0.3 is 31.2 Å². The van der Waals surface area contributed by atoms with Gasteiger partial charge in [0.25, 0.3) is 6.43 Å². The number of alkyl halides is 3. The lowest BCUT2D eigenvalue weighted by atomic mass is 10.8. The van der Waals surface area contributed by atoms with Gasteiger partial charge in [-0.3, -0.25) is 0 Å². The van der Waals surface area contributed by atoms with Gasteiger partial charge in [-0.1, -0.05) is 0 Å². The van der Waals surface area contributed by atoms with Crippen LogP contribution in [0.1, 0.15) is 13.8 Å². The average Bonchev–Trinajstić information content (AvgIpc) is 2.53. The summed E-state index contributed by atoms with van der Waals surface area (Å²) < 4.78 is 57.3. The van der Waals surface area contributed by atoms with Gasteiger partial charge in [-0.05, 0) is 13.8 Å². The molecule has 0 radical (unpaired) electrons. The normalized spacial score (nSPS) is 8.89. The Kier molecular flexibility index (Phi) is 20.4. The van der Waals surface area contributed by atoms with Crippen LogP contribution in [0.25, 0.3) is 0 Å². The second-order valence-corrected chi connectivity index (χ2v) is 3.31. The highest BCUT2D eigenvalue weighted by Crippen LogP contribution is 1.96. The largest absolute Gasteiger partial charge is 0.510 e. The van der Waals surface area contributed by atoms with Gasteiger partial charge in [-0.15, -0.1) is 0 Å². The summed E-state index contributed by atoms with van der Waals surface area (Å²) in [5.74, 6) is 0. The van der Waals surface area contributed by atoms with E-state index in [9.17, 15) is 32.3 Å². The number of carbonyl (C=O) groups excluding carboxylic acids is 2. The summed E-state index contributed by atoms with van der Waals surface area (Å²) in [6.07, 6.45) is -8.21. The fourth-order valence-corrected chi connectivity index (χ4v) is 0.650. The van der Waals surface area contributed by atoms with Gasteiger partial charge in [0.05, 0.1) is 20.3 Å². The van der Waals surface area contributed by atoms with Crippen LogP contribution in [-0.4, -0.2) is 74.7 Å². The van der Waals surface area contributed by atoms with E-state index in [1.54, 1.807) is 13.8 Å². The monoisotopic (exact) mass is 412 g/mol. The first-order chi connectivity index (χ1) is 12.5. The maximum absolute atomic E-state index is 11.7. The molecule has 15 heteroatoms. The number of ether oxygens (including phenoxy) is 6. The molecule has 0 spiro atoms. The molecule has 0 aromatic heterocycles. The fraction of sp³-hybridized carbons (Fsp3) is 0.667. The highest BCUT2D eigenvalue weighted by molar-refractivity contribution is 5.60. The lowest BCUT2D eigenvalue weighted by Crippen LogP contribution is -2.18. The van der Waals surface area contributed by atoms with Gasteiger partial charge in [-0.2, -0.15) is 4.39 Å². The molecule has 0 saturated heterocycles. The maximum atomic E-state index is 11.7. The molecule has 0 rings (SSSR count). The smallest absolute Gasteiger partial charge is 0.450 e. The molecule has 0 aromatic carbocycles. The van der Waals surface area contributed by atoms with E-state index < -0.39 is 44.2 Å². The van der Waals surface area contributed by atoms with Gasteiger partial charge < -0.3 is 38.6 Å². The van der Waals surface area contributed by atoms with Crippen LogP contribution in [-0.2, 0) is 28.4 Å². The number of methoxy groups -OCH3 is 1. The van der Waals surface area contributed by atoms with Crippen LogP contribution in [0.15, 0.2) is 0 Å². The van der Waals surface area contributed by atoms with E-state index in [4.69, 9.17) is 10.2 Å². The third-order valence-corrected chi connectivity index (χ3v) is 1.41. The van der Waals surface area contributed by atoms with E-state index >= 15 is 0 Å². The molecule has 0 atom stereocenters. The van der Waals surface area contributed by atoms with Crippen LogP contribution < -0.4 is 0 Å². The Hall–Kier alpha value is -3.13. The van der Waals surface area contributed by atoms with Crippen LogP contribution in [0, 0.1) is 0 Å². The molecule has 0 aliphatic heterocycles. The maximum Gasteiger partial charge on any atom is 0.510 e. The summed E-state index contributed by atoms with van der Waals surface area (Å²) in [5.41, 5.74) is 0. The minimum Gasteiger partial charge on any atom is -0.450 e. The molecule has 27 heavy (non-hydrogen) atoms. The topological polar surface area (TPSA) is 164 Å². The summed E-state index contributed by atoms with van der Waals surface area (Å²) in [7, 11) is 1.28. The zero-order valence-corrected chi connectivity index (χ0v) is 14.4. The molecule has 2 N–H and O–H groups in total. The highest BCUT2D eigenvalue weighted by Gasteiger charge is 2.15. The quantitative estimate of drug-likeness (QED) is 0.373. The van der Waals surface area contributed by atoms with Crippen LogP contribution in [0.5, 0.6) is 0 Å². The molecule has 0 amide bonds. The first-order valence-corrected chi connectivity index (χ1v) is 6.71. The first-order valence-electron chi connectivity index (χ1n) is 6.71. The molecule has 0 fully saturated rings. The summed E-state index contributed by atoms with van der Waals surface area (Å²) in [5, 5.41) is 15.3. The van der Waals surface area contributed by atoms with Crippen LogP contribution >= 0.6 is 0 Å². The standard InChI is InChI=1S/C5H8F2O3.C4H8O3.C3H3FO6/c1-2-9-5(8)10-3-4(6)7;1-3-7-4(5)6-2;4-1(9-2(5)6)10-3(7)8/h4H,2-3H2,1H3;3H2,1-2H3;1H,(H,5,6)(H,7,8). The number of carboxylic acid groups (broad SMARTS) is 2. The second-order valence-electron chi connectivity index (χ2n) is 3.31. The summed E-state index contributed by atoms with van der Waals surface area (Å²) >= 11 is 0. The van der Waals surface area contributed by atoms with E-state index in [0.29, 0.717) is 6.61 Å². The van der Waals surface area contributed by atoms with Gasteiger partial charge in [-0.25, -0.2) is 28.0 Å². The predicted octanol–water partition coefficient (Wildman–Crippen LogP) is 2.84. The Balaban J connectivity index is -0.000000326. The van der Waals surface area contributed by atoms with E-state index in [2.05, 4.69) is 28.4 Å². The molecule has 0 saturated carbocycles. The van der Waals surface area contributed by atoms with Gasteiger partial charge in [0.15, 0.2) is 6.61 Å². The number of hydrogen-bond donors (Lipinski definition) is 2. The lowest BCUT2D eigenvalue weighted by molar-refractivity contribution is -0.165. The van der Waals surface area contributed by atoms with Gasteiger partial charge in [0.1, 0.15) is 0 Å². The Morgan fingerprint density at radius 2 is 1.22 bits per heavy atom. The number of carbonyl (C=O) groups is 4. The van der Waals surface area contributed by atoms with E-state index in [1.165, 1.54) is 7.11 Å². The molecule has 0 aromatic rings. The van der Waals surface area contributed by atoms with Crippen molar-refractivity contribution < 1.29 is 71.0 Å². The highest BCUT2D eigenvalue weighted by atomic mass is 19.3. The summed E-state index contributed by atoms with van der Waals surface area (Å²) in [6.45, 7) is 0.0868. The van der Waals surface area contributed by atoms with Crippen LogP contribution in [0.3, 0.4) is 0 Å². The first kappa shape index (κ1) is 28.7. The van der Waals surface area contributed by atoms with Crippen molar-refractivity contribution in [3.05, 3.63) is 0 Å². The Bertz CT molecular complexity index is 416. The molecule has 0 heterocycles. The minimum absolute atomic E-state index is 0.127. The molecular weight excluding hydrogens is 393 g/mol. The van der Waals surface area contributed by atoms with Crippen molar-refractivity contribution in [2.24, 2.45) is 0 Å². The van der Waals surface area contributed by atoms with Crippen molar-refractivity contribution in [2.75, 3.05) is 26.9 Å². The minimum atomic E-state index is -2.78. The predicted molar refractivity (Wildman–Crippen MR) is 76.1 cm³/mol. The molecule has 0 unspecified atom stereocenters. The summed E-state index contributed by atoms with van der Waals surface area (Å²) in [4.78, 5) is 39.0. The van der Waals surface area contributed by atoms with Crippen molar-refractivity contribution in [1.29, 1.82) is 0 Å². The van der Waals surface area contributed by atoms with E-state index in [1.807, 2.05) is 0 Å². The van der Waals surface area contributed by atoms with Crippen LogP contribution in [0.2, 0.25) is 0 Å². The van der Waals surface area contributed by atoms with Crippen molar-refractivity contribution in [2.45, 2.75) is 26.8 Å². The molecule has 160 valence electrons. The molecule has 12 nitrogen and oxygen atoms in total. The van der Waals surface area contributed by atoms with Crippen LogP contribution in [0.4, 0.5) is 32.3 Å². The molecular formula is C12H19F3O12. The zero-order chi connectivity index (χ0) is 21.8. The Morgan fingerprint density at radius 3 is 1.48 bits per heavy atom. The molecule has 0 bridgehead atoms. The SMILES string of the molecule is CCOC(=O)OC.CCOC(=O)OCC(F)F.O=C(O)OC(F)OC(=O)O. The van der Waals surface area contributed by atoms with Crippen molar-refractivity contribution in [1.82, 2.24) is 0 Å². The fourth-order valence-electron chi connectivity index (χ4n) is 0.650. The van der Waals surface area contributed by atoms with Crippen molar-refractivity contribution in [3.63, 3.8) is 0 Å².